The van der Waals surface area contributed by atoms with E-state index in [4.69, 9.17) is 4.74 Å². The van der Waals surface area contributed by atoms with Crippen molar-refractivity contribution in [1.29, 1.82) is 0 Å². The number of hydrogen-bond acceptors (Lipinski definition) is 4. The summed E-state index contributed by atoms with van der Waals surface area (Å²) in [4.78, 5) is 5.18. The van der Waals surface area contributed by atoms with E-state index in [-0.39, 0.29) is 11.7 Å². The van der Waals surface area contributed by atoms with E-state index in [0.29, 0.717) is 34.3 Å². The Morgan fingerprint density at radius 3 is 2.69 bits per heavy atom. The van der Waals surface area contributed by atoms with Gasteiger partial charge in [0, 0.05) is 37.0 Å². The second-order valence-electron chi connectivity index (χ2n) is 15.5. The summed E-state index contributed by atoms with van der Waals surface area (Å²) >= 11 is 0. The molecule has 2 heterocycles. The number of likely N-dealkylation sites (tertiary alicyclic amines) is 1. The number of allylic oxidation sites excluding steroid dienone is 1. The maximum absolute atomic E-state index is 10.4. The molecule has 36 heavy (non-hydrogen) atoms. The molecule has 0 amide bonds. The second kappa shape index (κ2) is 7.83. The molecule has 7 aliphatic rings. The van der Waals surface area contributed by atoms with Crippen molar-refractivity contribution in [3.8, 4) is 0 Å². The van der Waals surface area contributed by atoms with Gasteiger partial charge in [-0.25, -0.2) is 0 Å². The number of piperidine rings is 1. The molecule has 0 aromatic carbocycles. The molecule has 6 fully saturated rings. The van der Waals surface area contributed by atoms with Gasteiger partial charge in [0.1, 0.15) is 0 Å². The lowest BCUT2D eigenvalue weighted by atomic mass is 9.56. The average molecular weight is 497 g/mol. The van der Waals surface area contributed by atoms with Crippen LogP contribution in [0.3, 0.4) is 0 Å². The number of aliphatic hydroxyl groups is 1. The van der Waals surface area contributed by atoms with Crippen LogP contribution in [0.2, 0.25) is 0 Å². The number of likely N-dealkylation sites (N-methyl/N-ethyl adjacent to an activating group) is 1. The highest BCUT2D eigenvalue weighted by atomic mass is 16.5. The Bertz CT molecular complexity index is 948. The largest absolute Gasteiger partial charge is 0.389 e. The molecule has 5 aliphatic carbocycles. The summed E-state index contributed by atoms with van der Waals surface area (Å²) in [6.07, 6.45) is 14.0. The molecule has 0 aromatic rings. The number of rotatable bonds is 3. The first-order valence-electron chi connectivity index (χ1n) is 15.5. The zero-order valence-electron chi connectivity index (χ0n) is 23.9. The summed E-state index contributed by atoms with van der Waals surface area (Å²) in [6.45, 7) is 13.9. The molecule has 0 bridgehead atoms. The molecule has 0 radical (unpaired) electrons. The Morgan fingerprint density at radius 2 is 1.92 bits per heavy atom. The fourth-order valence-corrected chi connectivity index (χ4v) is 12.1. The van der Waals surface area contributed by atoms with E-state index in [1.807, 2.05) is 0 Å². The van der Waals surface area contributed by atoms with E-state index in [9.17, 15) is 5.11 Å². The lowest BCUT2D eigenvalue weighted by Crippen LogP contribution is -2.55. The van der Waals surface area contributed by atoms with E-state index in [0.717, 1.165) is 36.6 Å². The fraction of sp³-hybridized carbons (Fsp3) is 0.938. The van der Waals surface area contributed by atoms with Crippen molar-refractivity contribution in [1.82, 2.24) is 9.80 Å². The molecule has 2 unspecified atom stereocenters. The van der Waals surface area contributed by atoms with Gasteiger partial charge in [0.2, 0.25) is 0 Å². The third-order valence-electron chi connectivity index (χ3n) is 13.8. The number of aliphatic hydroxyl groups excluding tert-OH is 1. The Morgan fingerprint density at radius 1 is 1.11 bits per heavy atom. The zero-order chi connectivity index (χ0) is 25.3. The van der Waals surface area contributed by atoms with Crippen molar-refractivity contribution in [3.63, 3.8) is 0 Å². The molecular formula is C32H52N2O2. The Kier molecular flexibility index (Phi) is 5.35. The van der Waals surface area contributed by atoms with Crippen molar-refractivity contribution >= 4 is 0 Å². The zero-order valence-corrected chi connectivity index (χ0v) is 23.9. The van der Waals surface area contributed by atoms with E-state index in [2.05, 4.69) is 57.7 Å². The van der Waals surface area contributed by atoms with Gasteiger partial charge in [-0.1, -0.05) is 39.3 Å². The van der Waals surface area contributed by atoms with Crippen LogP contribution in [0.25, 0.3) is 0 Å². The maximum Gasteiger partial charge on any atom is 0.0787 e. The fourth-order valence-electron chi connectivity index (χ4n) is 12.1. The molecule has 1 N–H and O–H groups in total. The Balaban J connectivity index is 1.19. The number of nitrogens with zero attached hydrogens (tertiary/aromatic N) is 2. The van der Waals surface area contributed by atoms with Gasteiger partial charge < -0.3 is 14.7 Å². The van der Waals surface area contributed by atoms with Gasteiger partial charge in [-0.2, -0.15) is 0 Å². The van der Waals surface area contributed by atoms with Gasteiger partial charge in [0.15, 0.2) is 0 Å². The molecule has 2 aliphatic heterocycles. The molecule has 202 valence electrons. The summed E-state index contributed by atoms with van der Waals surface area (Å²) in [7, 11) is 4.43. The first kappa shape index (κ1) is 24.6. The van der Waals surface area contributed by atoms with Crippen LogP contribution in [0, 0.1) is 45.8 Å². The van der Waals surface area contributed by atoms with Gasteiger partial charge in [-0.3, -0.25) is 4.90 Å². The third-order valence-corrected chi connectivity index (χ3v) is 13.8. The maximum atomic E-state index is 10.4. The third kappa shape index (κ3) is 2.97. The number of hydrogen-bond donors (Lipinski definition) is 1. The first-order valence-corrected chi connectivity index (χ1v) is 15.5. The molecule has 4 heteroatoms. The Labute approximate surface area is 220 Å². The highest BCUT2D eigenvalue weighted by Gasteiger charge is 2.84. The van der Waals surface area contributed by atoms with E-state index in [1.165, 1.54) is 64.5 Å². The molecule has 4 saturated carbocycles. The van der Waals surface area contributed by atoms with Crippen molar-refractivity contribution in [3.05, 3.63) is 11.6 Å². The smallest absolute Gasteiger partial charge is 0.0787 e. The van der Waals surface area contributed by atoms with Gasteiger partial charge >= 0.3 is 0 Å². The van der Waals surface area contributed by atoms with E-state index in [1.54, 1.807) is 5.57 Å². The average Bonchev–Trinajstić information content (AvgIpc) is 3.16. The van der Waals surface area contributed by atoms with Crippen LogP contribution in [0.15, 0.2) is 11.6 Å². The summed E-state index contributed by atoms with van der Waals surface area (Å²) in [5, 5.41) is 10.4. The lowest BCUT2D eigenvalue weighted by molar-refractivity contribution is -0.148. The molecule has 0 aromatic heterocycles. The topological polar surface area (TPSA) is 35.9 Å². The highest BCUT2D eigenvalue weighted by Crippen LogP contribution is 2.87. The van der Waals surface area contributed by atoms with Crippen LogP contribution in [-0.2, 0) is 4.74 Å². The van der Waals surface area contributed by atoms with Gasteiger partial charge in [-0.15, -0.1) is 0 Å². The van der Waals surface area contributed by atoms with E-state index >= 15 is 0 Å². The quantitative estimate of drug-likeness (QED) is 0.534. The SMILES string of the molecule is C[C@H]1C[C@H]2O[C@]3(CC[C@H]4[C@@H]5CCC6=C[C@@H](O)CC[C@]6(C)[C@H]5CC45CC53C)[C@H](C)[C@@H]2N(CCN(C)C)C1. The summed E-state index contributed by atoms with van der Waals surface area (Å²) in [5.41, 5.74) is 2.88. The molecule has 7 rings (SSSR count). The van der Waals surface area contributed by atoms with Crippen LogP contribution in [0.1, 0.15) is 85.5 Å². The Hall–Kier alpha value is -0.420. The summed E-state index contributed by atoms with van der Waals surface area (Å²) in [5.74, 6) is 3.99. The standard InChI is InChI=1S/C32H52N2O2/c1-20-15-27-28(34(18-20)14-13-33(5)6)21(2)32(36-27)12-10-25-24-8-7-22-16-23(35)9-11-29(22,3)26(24)17-31(25)19-30(31,32)4/h16,20-21,23-28,35H,7-15,17-19H2,1-6H3/t20-,21+,23-,24-,25-,26-,27+,28-,29-,30?,31?,32+/m0/s1. The highest BCUT2D eigenvalue weighted by molar-refractivity contribution is 5.35. The van der Waals surface area contributed by atoms with Crippen LogP contribution in [-0.4, -0.2) is 72.5 Å². The molecule has 4 nitrogen and oxygen atoms in total. The normalized spacial score (nSPS) is 57.6. The molecule has 12 atom stereocenters. The van der Waals surface area contributed by atoms with Crippen LogP contribution in [0.5, 0.6) is 0 Å². The van der Waals surface area contributed by atoms with Crippen LogP contribution < -0.4 is 0 Å². The number of fused-ring (bicyclic) bond motifs is 6. The van der Waals surface area contributed by atoms with Crippen LogP contribution in [0.4, 0.5) is 0 Å². The minimum Gasteiger partial charge on any atom is -0.389 e. The minimum absolute atomic E-state index is 0.0785. The van der Waals surface area contributed by atoms with Gasteiger partial charge in [0.05, 0.1) is 17.8 Å². The van der Waals surface area contributed by atoms with Gasteiger partial charge in [0.25, 0.3) is 0 Å². The second-order valence-corrected chi connectivity index (χ2v) is 15.5. The summed E-state index contributed by atoms with van der Waals surface area (Å²) < 4.78 is 7.47. The van der Waals surface area contributed by atoms with Crippen LogP contribution >= 0.6 is 0 Å². The van der Waals surface area contributed by atoms with Crippen molar-refractivity contribution in [2.24, 2.45) is 45.8 Å². The number of ether oxygens (including phenoxy) is 1. The van der Waals surface area contributed by atoms with Crippen molar-refractivity contribution < 1.29 is 9.84 Å². The lowest BCUT2D eigenvalue weighted by Gasteiger charge is -2.50. The van der Waals surface area contributed by atoms with Crippen molar-refractivity contribution in [2.45, 2.75) is 109 Å². The minimum atomic E-state index is -0.199. The predicted octanol–water partition coefficient (Wildman–Crippen LogP) is 5.36. The molecule has 2 saturated heterocycles. The van der Waals surface area contributed by atoms with Crippen molar-refractivity contribution in [2.75, 3.05) is 33.7 Å². The monoisotopic (exact) mass is 496 g/mol. The first-order chi connectivity index (χ1) is 17.0. The predicted molar refractivity (Wildman–Crippen MR) is 145 cm³/mol. The molecule has 2 spiro atoms. The van der Waals surface area contributed by atoms with Gasteiger partial charge in [-0.05, 0) is 106 Å². The van der Waals surface area contributed by atoms with E-state index < -0.39 is 0 Å². The summed E-state index contributed by atoms with van der Waals surface area (Å²) in [6, 6.07) is 0.600. The molecular weight excluding hydrogens is 444 g/mol.